The number of thiophene rings is 1. The van der Waals surface area contributed by atoms with Crippen LogP contribution < -0.4 is 4.72 Å². The monoisotopic (exact) mass is 373 g/mol. The Hall–Kier alpha value is -1.42. The molecule has 0 amide bonds. The third-order valence-corrected chi connectivity index (χ3v) is 7.14. The van der Waals surface area contributed by atoms with E-state index in [1.54, 1.807) is 6.07 Å². The Labute approximate surface area is 140 Å². The Morgan fingerprint density at radius 3 is 2.87 bits per heavy atom. The van der Waals surface area contributed by atoms with Crippen molar-refractivity contribution in [2.75, 3.05) is 5.75 Å². The van der Waals surface area contributed by atoms with Gasteiger partial charge in [0.1, 0.15) is 15.6 Å². The van der Waals surface area contributed by atoms with E-state index in [1.165, 1.54) is 35.3 Å². The molecule has 9 heteroatoms. The number of fused-ring (bicyclic) bond motifs is 1. The summed E-state index contributed by atoms with van der Waals surface area (Å²) in [6, 6.07) is 5.25. The first-order valence-corrected chi connectivity index (χ1v) is 9.99. The van der Waals surface area contributed by atoms with Gasteiger partial charge in [0, 0.05) is 10.9 Å². The average Bonchev–Trinajstić information content (AvgIpc) is 2.99. The van der Waals surface area contributed by atoms with Crippen molar-refractivity contribution in [2.24, 2.45) is 0 Å². The lowest BCUT2D eigenvalue weighted by Gasteiger charge is -2.26. The van der Waals surface area contributed by atoms with E-state index >= 15 is 0 Å². The van der Waals surface area contributed by atoms with Crippen molar-refractivity contribution >= 4 is 39.1 Å². The van der Waals surface area contributed by atoms with Crippen LogP contribution in [-0.4, -0.2) is 25.2 Å². The fourth-order valence-electron chi connectivity index (χ4n) is 2.42. The molecule has 0 saturated carbocycles. The van der Waals surface area contributed by atoms with Crippen molar-refractivity contribution in [3.05, 3.63) is 45.9 Å². The molecule has 0 unspecified atom stereocenters. The van der Waals surface area contributed by atoms with Crippen LogP contribution >= 0.6 is 23.1 Å². The van der Waals surface area contributed by atoms with Crippen molar-refractivity contribution in [1.82, 2.24) is 4.72 Å². The standard InChI is InChI=1S/C14H12FNO4S3/c15-9-3-1-2-8-10(4-6-21-12(8)9)16-23(19,20)11-5-7-22-13(11)14(17)18/h1-3,5,7,10,16H,4,6H2,(H,17,18)/t10-/m1/s1. The number of carboxylic acids is 1. The van der Waals surface area contributed by atoms with Crippen LogP contribution in [0.15, 0.2) is 39.4 Å². The van der Waals surface area contributed by atoms with Crippen LogP contribution in [0.2, 0.25) is 0 Å². The molecule has 0 saturated heterocycles. The lowest BCUT2D eigenvalue weighted by Crippen LogP contribution is -2.31. The first-order valence-electron chi connectivity index (χ1n) is 6.64. The van der Waals surface area contributed by atoms with E-state index in [2.05, 4.69) is 4.72 Å². The second-order valence-electron chi connectivity index (χ2n) is 4.89. The highest BCUT2D eigenvalue weighted by atomic mass is 32.2. The summed E-state index contributed by atoms with van der Waals surface area (Å²) < 4.78 is 41.4. The Bertz CT molecular complexity index is 863. The van der Waals surface area contributed by atoms with Gasteiger partial charge in [-0.2, -0.15) is 0 Å². The SMILES string of the molecule is O=C(O)c1sccc1S(=O)(=O)N[C@@H]1CCSc2c(F)cccc21. The highest BCUT2D eigenvalue weighted by molar-refractivity contribution is 7.99. The molecule has 0 bridgehead atoms. The lowest BCUT2D eigenvalue weighted by molar-refractivity contribution is 0.0698. The average molecular weight is 373 g/mol. The Morgan fingerprint density at radius 1 is 1.35 bits per heavy atom. The number of thioether (sulfide) groups is 1. The topological polar surface area (TPSA) is 83.5 Å². The molecule has 1 atom stereocenters. The molecule has 122 valence electrons. The van der Waals surface area contributed by atoms with Gasteiger partial charge >= 0.3 is 5.97 Å². The van der Waals surface area contributed by atoms with Gasteiger partial charge in [-0.15, -0.1) is 23.1 Å². The minimum Gasteiger partial charge on any atom is -0.477 e. The van der Waals surface area contributed by atoms with Crippen molar-refractivity contribution in [1.29, 1.82) is 0 Å². The van der Waals surface area contributed by atoms with E-state index < -0.39 is 22.0 Å². The zero-order valence-corrected chi connectivity index (χ0v) is 14.1. The molecular formula is C14H12FNO4S3. The molecule has 1 aliphatic rings. The van der Waals surface area contributed by atoms with E-state index in [0.29, 0.717) is 22.6 Å². The number of nitrogens with one attached hydrogen (secondary N) is 1. The molecule has 0 spiro atoms. The van der Waals surface area contributed by atoms with Gasteiger partial charge in [-0.05, 0) is 35.2 Å². The third kappa shape index (κ3) is 3.14. The van der Waals surface area contributed by atoms with Crippen LogP contribution in [0.1, 0.15) is 27.7 Å². The molecule has 1 aromatic heterocycles. The Balaban J connectivity index is 1.95. The van der Waals surface area contributed by atoms with Gasteiger partial charge in [0.25, 0.3) is 0 Å². The molecule has 2 heterocycles. The number of benzene rings is 1. The summed E-state index contributed by atoms with van der Waals surface area (Å²) in [6.45, 7) is 0. The maximum atomic E-state index is 13.8. The van der Waals surface area contributed by atoms with Crippen molar-refractivity contribution in [3.63, 3.8) is 0 Å². The summed E-state index contributed by atoms with van der Waals surface area (Å²) in [5, 5.41) is 10.5. The normalized spacial score (nSPS) is 17.7. The second kappa shape index (κ2) is 6.23. The first kappa shape index (κ1) is 16.4. The van der Waals surface area contributed by atoms with Crippen LogP contribution in [0.25, 0.3) is 0 Å². The minimum atomic E-state index is -4.00. The van der Waals surface area contributed by atoms with Gasteiger partial charge in [0.15, 0.2) is 0 Å². The molecule has 1 aromatic carbocycles. The van der Waals surface area contributed by atoms with E-state index in [1.807, 2.05) is 0 Å². The molecule has 5 nitrogen and oxygen atoms in total. The fraction of sp³-hybridized carbons (Fsp3) is 0.214. The zero-order chi connectivity index (χ0) is 16.6. The van der Waals surface area contributed by atoms with Gasteiger partial charge in [0.05, 0.1) is 0 Å². The largest absolute Gasteiger partial charge is 0.477 e. The van der Waals surface area contributed by atoms with Gasteiger partial charge in [-0.25, -0.2) is 22.3 Å². The molecule has 23 heavy (non-hydrogen) atoms. The van der Waals surface area contributed by atoms with E-state index in [4.69, 9.17) is 5.11 Å². The van der Waals surface area contributed by atoms with Crippen LogP contribution in [-0.2, 0) is 10.0 Å². The predicted octanol–water partition coefficient (Wildman–Crippen LogP) is 3.10. The molecule has 0 aliphatic carbocycles. The molecule has 3 rings (SSSR count). The summed E-state index contributed by atoms with van der Waals surface area (Å²) >= 11 is 2.20. The summed E-state index contributed by atoms with van der Waals surface area (Å²) in [5.74, 6) is -1.08. The summed E-state index contributed by atoms with van der Waals surface area (Å²) in [5.41, 5.74) is 0.580. The first-order chi connectivity index (χ1) is 10.9. The number of halogens is 1. The second-order valence-corrected chi connectivity index (χ2v) is 8.59. The number of hydrogen-bond acceptors (Lipinski definition) is 5. The van der Waals surface area contributed by atoms with Crippen molar-refractivity contribution in [3.8, 4) is 0 Å². The molecular weight excluding hydrogens is 361 g/mol. The quantitative estimate of drug-likeness (QED) is 0.860. The van der Waals surface area contributed by atoms with Gasteiger partial charge in [-0.1, -0.05) is 12.1 Å². The number of aromatic carboxylic acids is 1. The minimum absolute atomic E-state index is 0.234. The summed E-state index contributed by atoms with van der Waals surface area (Å²) in [4.78, 5) is 11.1. The number of carboxylic acid groups (broad SMARTS) is 1. The fourth-order valence-corrected chi connectivity index (χ4v) is 6.08. The van der Waals surface area contributed by atoms with Crippen LogP contribution in [0.5, 0.6) is 0 Å². The van der Waals surface area contributed by atoms with Crippen LogP contribution in [0.4, 0.5) is 4.39 Å². The van der Waals surface area contributed by atoms with Crippen molar-refractivity contribution < 1.29 is 22.7 Å². The highest BCUT2D eigenvalue weighted by Gasteiger charge is 2.30. The lowest BCUT2D eigenvalue weighted by atomic mass is 10.0. The molecule has 0 radical (unpaired) electrons. The van der Waals surface area contributed by atoms with E-state index in [0.717, 1.165) is 11.3 Å². The smallest absolute Gasteiger partial charge is 0.347 e. The molecule has 0 fully saturated rings. The predicted molar refractivity (Wildman–Crippen MR) is 86.1 cm³/mol. The molecule has 2 aromatic rings. The van der Waals surface area contributed by atoms with Gasteiger partial charge < -0.3 is 5.11 Å². The van der Waals surface area contributed by atoms with Crippen LogP contribution in [0.3, 0.4) is 0 Å². The maximum Gasteiger partial charge on any atom is 0.347 e. The molecule has 1 aliphatic heterocycles. The third-order valence-electron chi connectivity index (χ3n) is 3.44. The molecule has 2 N–H and O–H groups in total. The van der Waals surface area contributed by atoms with E-state index in [-0.39, 0.29) is 15.6 Å². The van der Waals surface area contributed by atoms with Gasteiger partial charge in [0.2, 0.25) is 10.0 Å². The van der Waals surface area contributed by atoms with Gasteiger partial charge in [-0.3, -0.25) is 0 Å². The Kier molecular flexibility index (Phi) is 4.45. The van der Waals surface area contributed by atoms with Crippen LogP contribution in [0, 0.1) is 5.82 Å². The van der Waals surface area contributed by atoms with E-state index in [9.17, 15) is 17.6 Å². The summed E-state index contributed by atoms with van der Waals surface area (Å²) in [6.07, 6.45) is 0.507. The number of hydrogen-bond donors (Lipinski definition) is 2. The zero-order valence-electron chi connectivity index (χ0n) is 11.7. The number of sulfonamides is 1. The number of carbonyl (C=O) groups is 1. The number of rotatable bonds is 4. The Morgan fingerprint density at radius 2 is 2.13 bits per heavy atom. The maximum absolute atomic E-state index is 13.8. The van der Waals surface area contributed by atoms with Crippen molar-refractivity contribution in [2.45, 2.75) is 22.3 Å². The summed E-state index contributed by atoms with van der Waals surface area (Å²) in [7, 11) is -4.00. The highest BCUT2D eigenvalue weighted by Crippen LogP contribution is 2.38.